The summed E-state index contributed by atoms with van der Waals surface area (Å²) in [6.45, 7) is 2.32. The van der Waals surface area contributed by atoms with Crippen LogP contribution in [0.25, 0.3) is 11.0 Å². The highest BCUT2D eigenvalue weighted by molar-refractivity contribution is 7.17. The van der Waals surface area contributed by atoms with Crippen LogP contribution in [0, 0.1) is 6.92 Å². The molecule has 0 spiro atoms. The van der Waals surface area contributed by atoms with Gasteiger partial charge in [-0.1, -0.05) is 11.6 Å². The molecule has 7 heteroatoms. The monoisotopic (exact) mass is 434 g/mol. The predicted octanol–water partition coefficient (Wildman–Crippen LogP) is 5.00. The van der Waals surface area contributed by atoms with Gasteiger partial charge in [-0.05, 0) is 56.0 Å². The van der Waals surface area contributed by atoms with E-state index in [2.05, 4.69) is 10.6 Å². The van der Waals surface area contributed by atoms with Crippen LogP contribution in [-0.4, -0.2) is 11.8 Å². The highest BCUT2D eigenvalue weighted by Gasteiger charge is 2.27. The van der Waals surface area contributed by atoms with E-state index >= 15 is 0 Å². The van der Waals surface area contributed by atoms with E-state index in [1.54, 1.807) is 18.6 Å². The number of carbonyl (C=O) groups excluding carboxylic acids is 2. The molecule has 2 amide bonds. The Hall–Kier alpha value is -3.32. The topological polar surface area (TPSA) is 84.5 Å². The largest absolute Gasteiger partial charge is 0.467 e. The second-order valence-corrected chi connectivity index (χ2v) is 8.91. The van der Waals surface area contributed by atoms with E-state index in [0.29, 0.717) is 22.9 Å². The summed E-state index contributed by atoms with van der Waals surface area (Å²) in [6, 6.07) is 9.52. The van der Waals surface area contributed by atoms with Crippen molar-refractivity contribution in [3.8, 4) is 0 Å². The molecule has 1 aromatic carbocycles. The van der Waals surface area contributed by atoms with Crippen LogP contribution in [0.15, 0.2) is 51.7 Å². The van der Waals surface area contributed by atoms with Crippen molar-refractivity contribution in [1.82, 2.24) is 5.32 Å². The second kappa shape index (κ2) is 8.07. The zero-order valence-corrected chi connectivity index (χ0v) is 17.9. The number of furan rings is 2. The predicted molar refractivity (Wildman–Crippen MR) is 120 cm³/mol. The summed E-state index contributed by atoms with van der Waals surface area (Å²) >= 11 is 1.51. The summed E-state index contributed by atoms with van der Waals surface area (Å²) in [5.74, 6) is 0.340. The number of fused-ring (bicyclic) bond motifs is 2. The molecule has 1 aliphatic carbocycles. The van der Waals surface area contributed by atoms with Crippen LogP contribution >= 0.6 is 11.3 Å². The average Bonchev–Trinajstić information content (AvgIpc) is 3.51. The van der Waals surface area contributed by atoms with Crippen molar-refractivity contribution in [2.24, 2.45) is 0 Å². The number of hydrogen-bond donors (Lipinski definition) is 2. The molecule has 0 atom stereocenters. The highest BCUT2D eigenvalue weighted by atomic mass is 32.1. The molecular formula is C24H22N2O4S. The third-order valence-electron chi connectivity index (χ3n) is 5.56. The summed E-state index contributed by atoms with van der Waals surface area (Å²) in [4.78, 5) is 27.0. The van der Waals surface area contributed by atoms with E-state index in [4.69, 9.17) is 8.83 Å². The van der Waals surface area contributed by atoms with E-state index in [1.807, 2.05) is 31.2 Å². The molecule has 0 bridgehead atoms. The quantitative estimate of drug-likeness (QED) is 0.447. The van der Waals surface area contributed by atoms with Crippen LogP contribution in [0.3, 0.4) is 0 Å². The molecule has 4 aromatic rings. The Morgan fingerprint density at radius 3 is 2.90 bits per heavy atom. The molecule has 3 heterocycles. The van der Waals surface area contributed by atoms with Gasteiger partial charge in [0.25, 0.3) is 5.91 Å². The van der Waals surface area contributed by atoms with Crippen molar-refractivity contribution >= 4 is 39.1 Å². The van der Waals surface area contributed by atoms with Gasteiger partial charge < -0.3 is 19.5 Å². The van der Waals surface area contributed by atoms with Crippen LogP contribution in [0.1, 0.15) is 44.1 Å². The molecule has 6 nitrogen and oxygen atoms in total. The smallest absolute Gasteiger partial charge is 0.254 e. The Bertz CT molecular complexity index is 1270. The van der Waals surface area contributed by atoms with Crippen LogP contribution in [0.2, 0.25) is 0 Å². The van der Waals surface area contributed by atoms with Gasteiger partial charge in [-0.15, -0.1) is 11.3 Å². The van der Waals surface area contributed by atoms with E-state index in [0.717, 1.165) is 46.9 Å². The normalized spacial score (nSPS) is 12.8. The van der Waals surface area contributed by atoms with Gasteiger partial charge in [0, 0.05) is 15.8 Å². The maximum Gasteiger partial charge on any atom is 0.254 e. The fraction of sp³-hybridized carbons (Fsp3) is 0.250. The van der Waals surface area contributed by atoms with Gasteiger partial charge in [0.2, 0.25) is 5.91 Å². The fourth-order valence-corrected chi connectivity index (χ4v) is 5.38. The highest BCUT2D eigenvalue weighted by Crippen LogP contribution is 2.39. The summed E-state index contributed by atoms with van der Waals surface area (Å²) < 4.78 is 10.9. The van der Waals surface area contributed by atoms with E-state index in [1.165, 1.54) is 16.2 Å². The van der Waals surface area contributed by atoms with Crippen LogP contribution in [-0.2, 0) is 30.6 Å². The number of nitrogens with one attached hydrogen (secondary N) is 2. The molecule has 0 radical (unpaired) electrons. The summed E-state index contributed by atoms with van der Waals surface area (Å²) in [5.41, 5.74) is 4.36. The van der Waals surface area contributed by atoms with Gasteiger partial charge in [0.05, 0.1) is 31.1 Å². The standard InChI is InChI=1S/C24H22N2O4S/c1-14-7-8-19-18(10-14)15(13-30-19)11-21(27)26-24-22(17-5-2-6-20(17)31-24)23(28)25-12-16-4-3-9-29-16/h3-4,7-10,13H,2,5-6,11-12H2,1H3,(H,25,28)(H,26,27). The van der Waals surface area contributed by atoms with Gasteiger partial charge in [0.15, 0.2) is 0 Å². The van der Waals surface area contributed by atoms with Gasteiger partial charge in [-0.3, -0.25) is 9.59 Å². The fourth-order valence-electron chi connectivity index (χ4n) is 4.08. The number of rotatable bonds is 6. The lowest BCUT2D eigenvalue weighted by molar-refractivity contribution is -0.115. The Balaban J connectivity index is 1.35. The zero-order chi connectivity index (χ0) is 21.4. The molecule has 1 aliphatic rings. The van der Waals surface area contributed by atoms with Gasteiger partial charge in [-0.2, -0.15) is 0 Å². The molecular weight excluding hydrogens is 412 g/mol. The number of hydrogen-bond acceptors (Lipinski definition) is 5. The third-order valence-corrected chi connectivity index (χ3v) is 6.77. The first-order valence-corrected chi connectivity index (χ1v) is 11.1. The molecule has 31 heavy (non-hydrogen) atoms. The van der Waals surface area contributed by atoms with Crippen molar-refractivity contribution in [1.29, 1.82) is 0 Å². The summed E-state index contributed by atoms with van der Waals surface area (Å²) in [7, 11) is 0. The molecule has 0 aliphatic heterocycles. The molecule has 5 rings (SSSR count). The maximum atomic E-state index is 13.0. The molecule has 0 saturated carbocycles. The Morgan fingerprint density at radius 1 is 1.16 bits per heavy atom. The minimum absolute atomic E-state index is 0.163. The van der Waals surface area contributed by atoms with Crippen LogP contribution in [0.4, 0.5) is 5.00 Å². The van der Waals surface area contributed by atoms with E-state index in [-0.39, 0.29) is 18.2 Å². The number of carbonyl (C=O) groups is 2. The molecule has 0 saturated heterocycles. The van der Waals surface area contributed by atoms with Gasteiger partial charge in [-0.25, -0.2) is 0 Å². The van der Waals surface area contributed by atoms with Crippen molar-refractivity contribution in [2.75, 3.05) is 5.32 Å². The van der Waals surface area contributed by atoms with E-state index in [9.17, 15) is 9.59 Å². The van der Waals surface area contributed by atoms with Crippen LogP contribution < -0.4 is 10.6 Å². The second-order valence-electron chi connectivity index (χ2n) is 7.81. The van der Waals surface area contributed by atoms with Crippen LogP contribution in [0.5, 0.6) is 0 Å². The first-order valence-electron chi connectivity index (χ1n) is 10.3. The number of thiophene rings is 1. The number of amides is 2. The SMILES string of the molecule is Cc1ccc2occ(CC(=O)Nc3sc4c(c3C(=O)NCc3ccco3)CCC4)c2c1. The van der Waals surface area contributed by atoms with Crippen molar-refractivity contribution in [2.45, 2.75) is 39.2 Å². The zero-order valence-electron chi connectivity index (χ0n) is 17.1. The van der Waals surface area contributed by atoms with Crippen molar-refractivity contribution in [3.05, 3.63) is 75.7 Å². The molecule has 0 unspecified atom stereocenters. The third kappa shape index (κ3) is 3.88. The number of aryl methyl sites for hydroxylation is 2. The minimum atomic E-state index is -0.185. The Kier molecular flexibility index (Phi) is 5.11. The van der Waals surface area contributed by atoms with E-state index < -0.39 is 0 Å². The molecule has 2 N–H and O–H groups in total. The molecule has 3 aromatic heterocycles. The van der Waals surface area contributed by atoms with Crippen molar-refractivity contribution < 1.29 is 18.4 Å². The lowest BCUT2D eigenvalue weighted by Crippen LogP contribution is -2.25. The maximum absolute atomic E-state index is 13.0. The summed E-state index contributed by atoms with van der Waals surface area (Å²) in [5, 5.41) is 7.47. The van der Waals surface area contributed by atoms with Crippen molar-refractivity contribution in [3.63, 3.8) is 0 Å². The average molecular weight is 435 g/mol. The molecule has 158 valence electrons. The van der Waals surface area contributed by atoms with Gasteiger partial charge in [0.1, 0.15) is 16.3 Å². The van der Waals surface area contributed by atoms with Gasteiger partial charge >= 0.3 is 0 Å². The number of anilines is 1. The number of benzene rings is 1. The Morgan fingerprint density at radius 2 is 2.06 bits per heavy atom. The summed E-state index contributed by atoms with van der Waals surface area (Å²) in [6.07, 6.45) is 6.24. The first-order chi connectivity index (χ1) is 15.1. The first kappa shape index (κ1) is 19.6. The lowest BCUT2D eigenvalue weighted by atomic mass is 10.1. The minimum Gasteiger partial charge on any atom is -0.467 e. The Labute approximate surface area is 183 Å². The lowest BCUT2D eigenvalue weighted by Gasteiger charge is -2.09. The molecule has 0 fully saturated rings.